The lowest BCUT2D eigenvalue weighted by Gasteiger charge is -2.08. The molecule has 2 aromatic heterocycles. The summed E-state index contributed by atoms with van der Waals surface area (Å²) in [6, 6.07) is 16.2. The molecule has 0 saturated carbocycles. The third-order valence-corrected chi connectivity index (χ3v) is 3.43. The van der Waals surface area contributed by atoms with Gasteiger partial charge in [0.25, 0.3) is 5.91 Å². The van der Waals surface area contributed by atoms with Crippen LogP contribution in [0.2, 0.25) is 0 Å². The summed E-state index contributed by atoms with van der Waals surface area (Å²) in [5.74, 6) is -0.320. The highest BCUT2D eigenvalue weighted by atomic mass is 16.1. The van der Waals surface area contributed by atoms with E-state index in [1.165, 1.54) is 0 Å². The van der Waals surface area contributed by atoms with Crippen molar-refractivity contribution in [1.29, 1.82) is 5.26 Å². The summed E-state index contributed by atoms with van der Waals surface area (Å²) in [4.78, 5) is 20.9. The van der Waals surface area contributed by atoms with Gasteiger partial charge in [-0.15, -0.1) is 0 Å². The normalized spacial score (nSPS) is 10.0. The summed E-state index contributed by atoms with van der Waals surface area (Å²) in [7, 11) is 0. The molecule has 0 aliphatic carbocycles. The van der Waals surface area contributed by atoms with E-state index in [1.807, 2.05) is 31.2 Å². The number of anilines is 1. The summed E-state index contributed by atoms with van der Waals surface area (Å²) >= 11 is 0. The standard InChI is InChI=1S/C19H14N4O/c1-13-8-16(15-5-3-7-21-12-15)10-18(22-13)19(24)23-17-6-2-4-14(9-17)11-20/h2-10,12H,1H3,(H,23,24). The second kappa shape index (κ2) is 6.71. The van der Waals surface area contributed by atoms with Crippen LogP contribution in [-0.4, -0.2) is 15.9 Å². The van der Waals surface area contributed by atoms with Crippen molar-refractivity contribution >= 4 is 11.6 Å². The van der Waals surface area contributed by atoms with Gasteiger partial charge in [-0.25, -0.2) is 4.98 Å². The van der Waals surface area contributed by atoms with Crippen LogP contribution < -0.4 is 5.32 Å². The maximum absolute atomic E-state index is 12.5. The smallest absolute Gasteiger partial charge is 0.274 e. The number of nitrogens with one attached hydrogen (secondary N) is 1. The third-order valence-electron chi connectivity index (χ3n) is 3.43. The van der Waals surface area contributed by atoms with Crippen molar-refractivity contribution in [3.63, 3.8) is 0 Å². The van der Waals surface area contributed by atoms with E-state index in [2.05, 4.69) is 15.3 Å². The molecule has 0 fully saturated rings. The zero-order valence-electron chi connectivity index (χ0n) is 13.0. The summed E-state index contributed by atoms with van der Waals surface area (Å²) in [6.07, 6.45) is 3.44. The van der Waals surface area contributed by atoms with Gasteiger partial charge in [0.2, 0.25) is 0 Å². The molecular formula is C19H14N4O. The van der Waals surface area contributed by atoms with Gasteiger partial charge in [-0.05, 0) is 48.9 Å². The van der Waals surface area contributed by atoms with E-state index >= 15 is 0 Å². The lowest BCUT2D eigenvalue weighted by Crippen LogP contribution is -2.14. The van der Waals surface area contributed by atoms with Crippen LogP contribution in [-0.2, 0) is 0 Å². The number of aromatic nitrogens is 2. The van der Waals surface area contributed by atoms with Crippen LogP contribution in [0.15, 0.2) is 60.9 Å². The number of carbonyl (C=O) groups excluding carboxylic acids is 1. The lowest BCUT2D eigenvalue weighted by molar-refractivity contribution is 0.102. The Balaban J connectivity index is 1.90. The lowest BCUT2D eigenvalue weighted by atomic mass is 10.1. The fraction of sp³-hybridized carbons (Fsp3) is 0.0526. The molecule has 0 spiro atoms. The summed E-state index contributed by atoms with van der Waals surface area (Å²) in [6.45, 7) is 1.84. The van der Waals surface area contributed by atoms with Crippen LogP contribution in [0, 0.1) is 18.3 Å². The fourth-order valence-electron chi connectivity index (χ4n) is 2.35. The number of benzene rings is 1. The second-order valence-electron chi connectivity index (χ2n) is 5.27. The zero-order valence-corrected chi connectivity index (χ0v) is 13.0. The van der Waals surface area contributed by atoms with Gasteiger partial charge in [0.1, 0.15) is 5.69 Å². The fourth-order valence-corrected chi connectivity index (χ4v) is 2.35. The van der Waals surface area contributed by atoms with Crippen LogP contribution in [0.4, 0.5) is 5.69 Å². The zero-order chi connectivity index (χ0) is 16.9. The van der Waals surface area contributed by atoms with Crippen LogP contribution in [0.3, 0.4) is 0 Å². The van der Waals surface area contributed by atoms with Gasteiger partial charge in [-0.2, -0.15) is 5.26 Å². The number of amides is 1. The Bertz CT molecular complexity index is 930. The Hall–Kier alpha value is -3.52. The Labute approximate surface area is 139 Å². The van der Waals surface area contributed by atoms with Gasteiger partial charge < -0.3 is 5.32 Å². The van der Waals surface area contributed by atoms with E-state index in [9.17, 15) is 4.79 Å². The highest BCUT2D eigenvalue weighted by Gasteiger charge is 2.11. The molecular weight excluding hydrogens is 300 g/mol. The van der Waals surface area contributed by atoms with Crippen molar-refractivity contribution in [2.75, 3.05) is 5.32 Å². The maximum atomic E-state index is 12.5. The molecule has 3 rings (SSSR count). The van der Waals surface area contributed by atoms with Crippen molar-refractivity contribution in [3.05, 3.63) is 77.9 Å². The monoisotopic (exact) mass is 314 g/mol. The highest BCUT2D eigenvalue weighted by Crippen LogP contribution is 2.20. The predicted molar refractivity (Wildman–Crippen MR) is 91.3 cm³/mol. The number of pyridine rings is 2. The van der Waals surface area contributed by atoms with Crippen molar-refractivity contribution in [2.24, 2.45) is 0 Å². The molecule has 1 aromatic carbocycles. The molecule has 5 nitrogen and oxygen atoms in total. The van der Waals surface area contributed by atoms with Gasteiger partial charge >= 0.3 is 0 Å². The molecule has 116 valence electrons. The number of nitriles is 1. The second-order valence-corrected chi connectivity index (χ2v) is 5.27. The van der Waals surface area contributed by atoms with E-state index < -0.39 is 0 Å². The molecule has 0 aliphatic rings. The van der Waals surface area contributed by atoms with Crippen molar-refractivity contribution in [3.8, 4) is 17.2 Å². The highest BCUT2D eigenvalue weighted by molar-refractivity contribution is 6.03. The number of rotatable bonds is 3. The van der Waals surface area contributed by atoms with Crippen molar-refractivity contribution in [2.45, 2.75) is 6.92 Å². The minimum absolute atomic E-state index is 0.316. The van der Waals surface area contributed by atoms with Gasteiger partial charge in [0, 0.05) is 29.3 Å². The molecule has 0 saturated heterocycles. The SMILES string of the molecule is Cc1cc(-c2cccnc2)cc(C(=O)Nc2cccc(C#N)c2)n1. The molecule has 0 aliphatic heterocycles. The molecule has 1 N–H and O–H groups in total. The van der Waals surface area contributed by atoms with E-state index in [1.54, 1.807) is 42.7 Å². The average Bonchev–Trinajstić information content (AvgIpc) is 2.62. The van der Waals surface area contributed by atoms with Crippen molar-refractivity contribution in [1.82, 2.24) is 9.97 Å². The third kappa shape index (κ3) is 3.45. The van der Waals surface area contributed by atoms with E-state index in [0.29, 0.717) is 16.9 Å². The number of aryl methyl sites for hydroxylation is 1. The summed E-state index contributed by atoms with van der Waals surface area (Å²) in [5.41, 5.74) is 3.91. The molecule has 0 radical (unpaired) electrons. The van der Waals surface area contributed by atoms with Crippen molar-refractivity contribution < 1.29 is 4.79 Å². The first-order chi connectivity index (χ1) is 11.7. The molecule has 0 unspecified atom stereocenters. The van der Waals surface area contributed by atoms with Gasteiger partial charge in [0.15, 0.2) is 0 Å². The Morgan fingerprint density at radius 1 is 1.12 bits per heavy atom. The minimum atomic E-state index is -0.320. The van der Waals surface area contributed by atoms with Crippen LogP contribution in [0.1, 0.15) is 21.7 Å². The average molecular weight is 314 g/mol. The first-order valence-electron chi connectivity index (χ1n) is 7.36. The van der Waals surface area contributed by atoms with Crippen LogP contribution in [0.5, 0.6) is 0 Å². The molecule has 3 aromatic rings. The Kier molecular flexibility index (Phi) is 4.30. The predicted octanol–water partition coefficient (Wildman–Crippen LogP) is 3.58. The molecule has 0 bridgehead atoms. The Morgan fingerprint density at radius 3 is 2.75 bits per heavy atom. The molecule has 5 heteroatoms. The van der Waals surface area contributed by atoms with Crippen LogP contribution in [0.25, 0.3) is 11.1 Å². The summed E-state index contributed by atoms with van der Waals surface area (Å²) in [5, 5.41) is 11.7. The molecule has 1 amide bonds. The van der Waals surface area contributed by atoms with E-state index in [-0.39, 0.29) is 5.91 Å². The van der Waals surface area contributed by atoms with Crippen LogP contribution >= 0.6 is 0 Å². The Morgan fingerprint density at radius 2 is 2.00 bits per heavy atom. The molecule has 0 atom stereocenters. The maximum Gasteiger partial charge on any atom is 0.274 e. The van der Waals surface area contributed by atoms with E-state index in [0.717, 1.165) is 16.8 Å². The number of carbonyl (C=O) groups is 1. The van der Waals surface area contributed by atoms with Gasteiger partial charge in [-0.1, -0.05) is 12.1 Å². The molecule has 2 heterocycles. The van der Waals surface area contributed by atoms with E-state index in [4.69, 9.17) is 5.26 Å². The van der Waals surface area contributed by atoms with Gasteiger partial charge in [0.05, 0.1) is 11.6 Å². The first kappa shape index (κ1) is 15.4. The number of hydrogen-bond acceptors (Lipinski definition) is 4. The first-order valence-corrected chi connectivity index (χ1v) is 7.36. The summed E-state index contributed by atoms with van der Waals surface area (Å²) < 4.78 is 0. The number of nitrogens with zero attached hydrogens (tertiary/aromatic N) is 3. The van der Waals surface area contributed by atoms with Gasteiger partial charge in [-0.3, -0.25) is 9.78 Å². The quantitative estimate of drug-likeness (QED) is 0.801. The number of hydrogen-bond donors (Lipinski definition) is 1. The topological polar surface area (TPSA) is 78.7 Å². The minimum Gasteiger partial charge on any atom is -0.321 e. The largest absolute Gasteiger partial charge is 0.321 e. The molecule has 24 heavy (non-hydrogen) atoms.